The number of quaternary nitrogens is 1. The number of aliphatic hydroxyl groups is 1. The first-order chi connectivity index (χ1) is 6.84. The Balaban J connectivity index is 0.000000336. The van der Waals surface area contributed by atoms with Gasteiger partial charge in [-0.05, 0) is 0 Å². The average Bonchev–Trinajstić information content (AvgIpc) is 2.15. The number of hydrogen-bond donors (Lipinski definition) is 2. The highest BCUT2D eigenvalue weighted by atomic mass is 19.5. The molecule has 0 aliphatic rings. The van der Waals surface area contributed by atoms with Crippen molar-refractivity contribution in [2.45, 2.75) is 6.04 Å². The monoisotopic (exact) mass is 225 g/mol. The average molecular weight is 225 g/mol. The van der Waals surface area contributed by atoms with Gasteiger partial charge in [-0.3, -0.25) is 0 Å². The molecule has 0 bridgehead atoms. The minimum Gasteiger partial charge on any atom is -0.418 e. The highest BCUT2D eigenvalue weighted by molar-refractivity contribution is 6.50. The van der Waals surface area contributed by atoms with E-state index in [0.717, 1.165) is 5.56 Å². The van der Waals surface area contributed by atoms with Gasteiger partial charge < -0.3 is 28.1 Å². The minimum absolute atomic E-state index is 0.0150. The molecule has 4 N–H and O–H groups in total. The first kappa shape index (κ1) is 13.9. The molecular formula is C8H12BF4NO. The van der Waals surface area contributed by atoms with Crippen molar-refractivity contribution < 1.29 is 28.1 Å². The number of hydrogen-bond acceptors (Lipinski definition) is 1. The lowest BCUT2D eigenvalue weighted by molar-refractivity contribution is -0.432. The molecule has 0 unspecified atom stereocenters. The lowest BCUT2D eigenvalue weighted by atomic mass is 10.1. The standard InChI is InChI=1S/C8H11NO.BF4/c9-8(6-10)7-4-2-1-3-5-7;2-1(3,4)5/h1-5,8,10H,6,9H2;/q;-1/p+1/t8-;/m1./s1. The Labute approximate surface area is 84.8 Å². The van der Waals surface area contributed by atoms with Crippen LogP contribution in [0.15, 0.2) is 30.3 Å². The van der Waals surface area contributed by atoms with Gasteiger partial charge in [0.1, 0.15) is 6.04 Å². The summed E-state index contributed by atoms with van der Waals surface area (Å²) in [6.07, 6.45) is 0. The van der Waals surface area contributed by atoms with Gasteiger partial charge in [0.15, 0.2) is 0 Å². The number of halogens is 4. The van der Waals surface area contributed by atoms with Crippen LogP contribution in [0.2, 0.25) is 0 Å². The molecule has 7 heteroatoms. The van der Waals surface area contributed by atoms with E-state index in [0.29, 0.717) is 0 Å². The van der Waals surface area contributed by atoms with E-state index < -0.39 is 7.25 Å². The predicted molar refractivity (Wildman–Crippen MR) is 49.3 cm³/mol. The molecular weight excluding hydrogens is 213 g/mol. The Morgan fingerprint density at radius 2 is 1.53 bits per heavy atom. The summed E-state index contributed by atoms with van der Waals surface area (Å²) in [5, 5.41) is 8.73. The van der Waals surface area contributed by atoms with Crippen molar-refractivity contribution in [3.05, 3.63) is 35.9 Å². The van der Waals surface area contributed by atoms with E-state index in [1.807, 2.05) is 30.3 Å². The summed E-state index contributed by atoms with van der Waals surface area (Å²) in [4.78, 5) is 0. The van der Waals surface area contributed by atoms with E-state index in [-0.39, 0.29) is 12.6 Å². The maximum atomic E-state index is 9.75. The molecule has 0 spiro atoms. The maximum Gasteiger partial charge on any atom is 0.673 e. The van der Waals surface area contributed by atoms with Crippen LogP contribution in [-0.4, -0.2) is 19.0 Å². The maximum absolute atomic E-state index is 9.75. The number of rotatable bonds is 2. The molecule has 86 valence electrons. The lowest BCUT2D eigenvalue weighted by Gasteiger charge is -2.02. The summed E-state index contributed by atoms with van der Waals surface area (Å²) in [6.45, 7) is 0.115. The van der Waals surface area contributed by atoms with Gasteiger partial charge in [0, 0.05) is 5.56 Å². The van der Waals surface area contributed by atoms with Gasteiger partial charge in [0.05, 0.1) is 6.61 Å². The molecule has 0 saturated carbocycles. The lowest BCUT2D eigenvalue weighted by Crippen LogP contribution is -2.55. The smallest absolute Gasteiger partial charge is 0.418 e. The molecule has 0 fully saturated rings. The Hall–Kier alpha value is -1.08. The zero-order valence-corrected chi connectivity index (χ0v) is 7.91. The van der Waals surface area contributed by atoms with E-state index in [1.54, 1.807) is 0 Å². The van der Waals surface area contributed by atoms with E-state index in [2.05, 4.69) is 5.73 Å². The highest BCUT2D eigenvalue weighted by Crippen LogP contribution is 2.06. The highest BCUT2D eigenvalue weighted by Gasteiger charge is 2.20. The van der Waals surface area contributed by atoms with Gasteiger partial charge in [0.25, 0.3) is 0 Å². The molecule has 0 amide bonds. The quantitative estimate of drug-likeness (QED) is 0.577. The van der Waals surface area contributed by atoms with Gasteiger partial charge in [-0.25, -0.2) is 0 Å². The van der Waals surface area contributed by atoms with Crippen molar-refractivity contribution >= 4 is 7.25 Å². The topological polar surface area (TPSA) is 47.9 Å². The summed E-state index contributed by atoms with van der Waals surface area (Å²) in [5.74, 6) is 0. The third-order valence-corrected chi connectivity index (χ3v) is 1.49. The second kappa shape index (κ2) is 6.42. The van der Waals surface area contributed by atoms with Crippen molar-refractivity contribution in [3.8, 4) is 0 Å². The molecule has 1 aromatic rings. The van der Waals surface area contributed by atoms with Crippen LogP contribution in [-0.2, 0) is 0 Å². The summed E-state index contributed by atoms with van der Waals surface area (Å²) < 4.78 is 39.0. The van der Waals surface area contributed by atoms with Crippen LogP contribution < -0.4 is 5.73 Å². The van der Waals surface area contributed by atoms with E-state index >= 15 is 0 Å². The molecule has 0 aromatic heterocycles. The first-order valence-corrected chi connectivity index (χ1v) is 4.20. The van der Waals surface area contributed by atoms with Crippen molar-refractivity contribution in [1.29, 1.82) is 0 Å². The Bertz CT molecular complexity index is 261. The normalized spacial score (nSPS) is 12.7. The fraction of sp³-hybridized carbons (Fsp3) is 0.250. The first-order valence-electron chi connectivity index (χ1n) is 4.20. The third-order valence-electron chi connectivity index (χ3n) is 1.49. The largest absolute Gasteiger partial charge is 0.673 e. The van der Waals surface area contributed by atoms with Crippen LogP contribution in [0, 0.1) is 0 Å². The summed E-state index contributed by atoms with van der Waals surface area (Å²) >= 11 is 0. The van der Waals surface area contributed by atoms with Gasteiger partial charge in [-0.15, -0.1) is 0 Å². The molecule has 1 aromatic carbocycles. The predicted octanol–water partition coefficient (Wildman–Crippen LogP) is 1.26. The fourth-order valence-electron chi connectivity index (χ4n) is 0.831. The van der Waals surface area contributed by atoms with E-state index in [9.17, 15) is 17.3 Å². The van der Waals surface area contributed by atoms with Crippen LogP contribution >= 0.6 is 0 Å². The zero-order valence-electron chi connectivity index (χ0n) is 7.91. The molecule has 0 heterocycles. The summed E-state index contributed by atoms with van der Waals surface area (Å²) in [7, 11) is -6.00. The third kappa shape index (κ3) is 9.23. The number of aliphatic hydroxyl groups excluding tert-OH is 1. The Kier molecular flexibility index (Phi) is 5.96. The fourth-order valence-corrected chi connectivity index (χ4v) is 0.831. The number of benzene rings is 1. The molecule has 2 nitrogen and oxygen atoms in total. The van der Waals surface area contributed by atoms with Crippen LogP contribution in [0.1, 0.15) is 11.6 Å². The molecule has 1 rings (SSSR count). The van der Waals surface area contributed by atoms with Crippen molar-refractivity contribution in [1.82, 2.24) is 0 Å². The van der Waals surface area contributed by atoms with E-state index in [1.165, 1.54) is 0 Å². The zero-order chi connectivity index (χ0) is 11.9. The van der Waals surface area contributed by atoms with Crippen molar-refractivity contribution in [2.75, 3.05) is 6.61 Å². The van der Waals surface area contributed by atoms with Gasteiger partial charge in [-0.1, -0.05) is 30.3 Å². The van der Waals surface area contributed by atoms with Gasteiger partial charge in [0.2, 0.25) is 0 Å². The Morgan fingerprint density at radius 3 is 1.87 bits per heavy atom. The molecule has 15 heavy (non-hydrogen) atoms. The van der Waals surface area contributed by atoms with Gasteiger partial charge in [-0.2, -0.15) is 0 Å². The summed E-state index contributed by atoms with van der Waals surface area (Å²) in [6, 6.07) is 9.79. The van der Waals surface area contributed by atoms with Crippen molar-refractivity contribution in [3.63, 3.8) is 0 Å². The molecule has 0 radical (unpaired) electrons. The second-order valence-electron chi connectivity index (χ2n) is 2.79. The summed E-state index contributed by atoms with van der Waals surface area (Å²) in [5.41, 5.74) is 4.86. The minimum atomic E-state index is -6.00. The molecule has 0 saturated heterocycles. The molecule has 0 aliphatic heterocycles. The molecule has 0 aliphatic carbocycles. The second-order valence-corrected chi connectivity index (χ2v) is 2.79. The van der Waals surface area contributed by atoms with Crippen LogP contribution in [0.3, 0.4) is 0 Å². The van der Waals surface area contributed by atoms with Crippen LogP contribution in [0.5, 0.6) is 0 Å². The molecule has 1 atom stereocenters. The SMILES string of the molecule is F[B-](F)(F)F.[NH3+][C@H](CO)c1ccccc1. The van der Waals surface area contributed by atoms with Gasteiger partial charge >= 0.3 is 7.25 Å². The van der Waals surface area contributed by atoms with Crippen LogP contribution in [0.25, 0.3) is 0 Å². The van der Waals surface area contributed by atoms with Crippen molar-refractivity contribution in [2.24, 2.45) is 0 Å². The Morgan fingerprint density at radius 1 is 1.13 bits per heavy atom. The van der Waals surface area contributed by atoms with E-state index in [4.69, 9.17) is 5.11 Å². The van der Waals surface area contributed by atoms with Crippen LogP contribution in [0.4, 0.5) is 17.3 Å².